The third-order valence-electron chi connectivity index (χ3n) is 5.77. The molecule has 0 bridgehead atoms. The lowest BCUT2D eigenvalue weighted by atomic mass is 10.0. The minimum Gasteiger partial charge on any atom is -0.481 e. The summed E-state index contributed by atoms with van der Waals surface area (Å²) in [4.78, 5) is 10.4. The first-order valence-corrected chi connectivity index (χ1v) is 13.1. The summed E-state index contributed by atoms with van der Waals surface area (Å²) < 4.78 is 0. The van der Waals surface area contributed by atoms with E-state index in [2.05, 4.69) is 0 Å². The van der Waals surface area contributed by atoms with E-state index >= 15 is 0 Å². The number of carbonyl (C=O) groups is 1. The largest absolute Gasteiger partial charge is 0.481 e. The SMILES string of the molecule is O=C(O)CCCCCCCCCCCCCCCCCCCCCCCCCl. The van der Waals surface area contributed by atoms with Crippen LogP contribution in [0.25, 0.3) is 0 Å². The van der Waals surface area contributed by atoms with Gasteiger partial charge in [-0.15, -0.1) is 11.6 Å². The van der Waals surface area contributed by atoms with Crippen molar-refractivity contribution in [3.05, 3.63) is 0 Å². The molecule has 0 fully saturated rings. The van der Waals surface area contributed by atoms with Crippen LogP contribution in [0.1, 0.15) is 148 Å². The molecule has 0 aliphatic carbocycles. The van der Waals surface area contributed by atoms with Gasteiger partial charge < -0.3 is 5.11 Å². The highest BCUT2D eigenvalue weighted by molar-refractivity contribution is 6.17. The highest BCUT2D eigenvalue weighted by atomic mass is 35.5. The molecular formula is C25H49ClO2. The van der Waals surface area contributed by atoms with E-state index in [4.69, 9.17) is 16.7 Å². The Hall–Kier alpha value is -0.240. The van der Waals surface area contributed by atoms with Gasteiger partial charge in [-0.3, -0.25) is 4.79 Å². The van der Waals surface area contributed by atoms with Crippen LogP contribution in [-0.2, 0) is 4.79 Å². The molecule has 0 aromatic carbocycles. The van der Waals surface area contributed by atoms with Crippen LogP contribution >= 0.6 is 11.6 Å². The topological polar surface area (TPSA) is 37.3 Å². The number of unbranched alkanes of at least 4 members (excludes halogenated alkanes) is 21. The number of hydrogen-bond acceptors (Lipinski definition) is 1. The molecule has 0 unspecified atom stereocenters. The minimum absolute atomic E-state index is 0.343. The fraction of sp³-hybridized carbons (Fsp3) is 0.960. The van der Waals surface area contributed by atoms with Gasteiger partial charge in [0, 0.05) is 12.3 Å². The second-order valence-corrected chi connectivity index (χ2v) is 8.99. The molecule has 0 aromatic heterocycles. The van der Waals surface area contributed by atoms with Gasteiger partial charge >= 0.3 is 5.97 Å². The van der Waals surface area contributed by atoms with Gasteiger partial charge in [0.2, 0.25) is 0 Å². The lowest BCUT2D eigenvalue weighted by Gasteiger charge is -2.04. The van der Waals surface area contributed by atoms with E-state index in [0.717, 1.165) is 18.7 Å². The molecule has 0 saturated carbocycles. The van der Waals surface area contributed by atoms with Crippen molar-refractivity contribution >= 4 is 17.6 Å². The number of halogens is 1. The van der Waals surface area contributed by atoms with E-state index in [-0.39, 0.29) is 0 Å². The van der Waals surface area contributed by atoms with Crippen LogP contribution in [0.2, 0.25) is 0 Å². The van der Waals surface area contributed by atoms with Crippen molar-refractivity contribution in [1.29, 1.82) is 0 Å². The zero-order valence-corrected chi connectivity index (χ0v) is 19.5. The first-order chi connectivity index (χ1) is 13.8. The van der Waals surface area contributed by atoms with Crippen molar-refractivity contribution in [1.82, 2.24) is 0 Å². The smallest absolute Gasteiger partial charge is 0.303 e. The number of carboxylic acids is 1. The van der Waals surface area contributed by atoms with Crippen LogP contribution in [0.4, 0.5) is 0 Å². The van der Waals surface area contributed by atoms with Crippen LogP contribution in [0.5, 0.6) is 0 Å². The summed E-state index contributed by atoms with van der Waals surface area (Å²) in [5.41, 5.74) is 0. The van der Waals surface area contributed by atoms with Gasteiger partial charge in [0.15, 0.2) is 0 Å². The van der Waals surface area contributed by atoms with Crippen molar-refractivity contribution in [2.24, 2.45) is 0 Å². The van der Waals surface area contributed by atoms with Crippen LogP contribution in [0, 0.1) is 0 Å². The van der Waals surface area contributed by atoms with Gasteiger partial charge in [-0.1, -0.05) is 128 Å². The number of alkyl halides is 1. The van der Waals surface area contributed by atoms with Gasteiger partial charge in [0.1, 0.15) is 0 Å². The maximum Gasteiger partial charge on any atom is 0.303 e. The predicted octanol–water partition coefficient (Wildman–Crippen LogP) is 9.28. The van der Waals surface area contributed by atoms with Gasteiger partial charge in [-0.25, -0.2) is 0 Å². The molecule has 0 saturated heterocycles. The number of aliphatic carboxylic acids is 1. The van der Waals surface area contributed by atoms with Gasteiger partial charge in [0.25, 0.3) is 0 Å². The third kappa shape index (κ3) is 25.8. The molecule has 0 heterocycles. The molecule has 168 valence electrons. The van der Waals surface area contributed by atoms with E-state index in [9.17, 15) is 4.79 Å². The zero-order valence-electron chi connectivity index (χ0n) is 18.7. The fourth-order valence-corrected chi connectivity index (χ4v) is 4.10. The lowest BCUT2D eigenvalue weighted by molar-refractivity contribution is -0.137. The van der Waals surface area contributed by atoms with Crippen molar-refractivity contribution in [2.75, 3.05) is 5.88 Å². The van der Waals surface area contributed by atoms with E-state index in [1.807, 2.05) is 0 Å². The summed E-state index contributed by atoms with van der Waals surface area (Å²) in [5, 5.41) is 8.58. The Morgan fingerprint density at radius 1 is 0.429 bits per heavy atom. The van der Waals surface area contributed by atoms with E-state index in [0.29, 0.717) is 6.42 Å². The number of hydrogen-bond donors (Lipinski definition) is 1. The van der Waals surface area contributed by atoms with Gasteiger partial charge in [-0.2, -0.15) is 0 Å². The fourth-order valence-electron chi connectivity index (χ4n) is 3.91. The molecule has 0 amide bonds. The Balaban J connectivity index is 2.99. The Bertz CT molecular complexity index is 307. The van der Waals surface area contributed by atoms with Crippen molar-refractivity contribution < 1.29 is 9.90 Å². The second kappa shape index (κ2) is 24.8. The van der Waals surface area contributed by atoms with E-state index < -0.39 is 5.97 Å². The Morgan fingerprint density at radius 3 is 0.857 bits per heavy atom. The van der Waals surface area contributed by atoms with Crippen LogP contribution in [-0.4, -0.2) is 17.0 Å². The molecule has 0 atom stereocenters. The zero-order chi connectivity index (χ0) is 20.5. The minimum atomic E-state index is -0.653. The molecule has 0 aliphatic heterocycles. The molecule has 0 spiro atoms. The molecule has 0 radical (unpaired) electrons. The summed E-state index contributed by atoms with van der Waals surface area (Å²) in [7, 11) is 0. The summed E-state index contributed by atoms with van der Waals surface area (Å²) >= 11 is 5.69. The van der Waals surface area contributed by atoms with E-state index in [1.54, 1.807) is 0 Å². The Labute approximate surface area is 181 Å². The average Bonchev–Trinajstić information content (AvgIpc) is 2.68. The highest BCUT2D eigenvalue weighted by Crippen LogP contribution is 2.15. The first-order valence-electron chi connectivity index (χ1n) is 12.5. The average molecular weight is 417 g/mol. The van der Waals surface area contributed by atoms with Crippen LogP contribution in [0.3, 0.4) is 0 Å². The van der Waals surface area contributed by atoms with Crippen LogP contribution < -0.4 is 0 Å². The monoisotopic (exact) mass is 416 g/mol. The Kier molecular flexibility index (Phi) is 24.6. The molecule has 2 nitrogen and oxygen atoms in total. The summed E-state index contributed by atoms with van der Waals surface area (Å²) in [6.07, 6.45) is 29.9. The van der Waals surface area contributed by atoms with Gasteiger partial charge in [-0.05, 0) is 12.8 Å². The summed E-state index contributed by atoms with van der Waals surface area (Å²) in [6.45, 7) is 0. The summed E-state index contributed by atoms with van der Waals surface area (Å²) in [5.74, 6) is 0.180. The van der Waals surface area contributed by atoms with Crippen LogP contribution in [0.15, 0.2) is 0 Å². The molecule has 28 heavy (non-hydrogen) atoms. The molecule has 1 N–H and O–H groups in total. The quantitative estimate of drug-likeness (QED) is 0.126. The second-order valence-electron chi connectivity index (χ2n) is 8.61. The maximum absolute atomic E-state index is 10.4. The normalized spacial score (nSPS) is 11.2. The maximum atomic E-state index is 10.4. The van der Waals surface area contributed by atoms with Crippen molar-refractivity contribution in [2.45, 2.75) is 148 Å². The first kappa shape index (κ1) is 27.8. The molecule has 0 aliphatic rings. The number of carboxylic acid groups (broad SMARTS) is 1. The van der Waals surface area contributed by atoms with Crippen molar-refractivity contribution in [3.63, 3.8) is 0 Å². The Morgan fingerprint density at radius 2 is 0.643 bits per heavy atom. The number of rotatable bonds is 24. The standard InChI is InChI=1S/C25H49ClO2/c26-24-22-20-18-16-14-12-10-8-6-4-2-1-3-5-7-9-11-13-15-17-19-21-23-25(27)28/h1-24H2,(H,27,28). The highest BCUT2D eigenvalue weighted by Gasteiger charge is 1.97. The van der Waals surface area contributed by atoms with Crippen molar-refractivity contribution in [3.8, 4) is 0 Å². The molecular weight excluding hydrogens is 368 g/mol. The lowest BCUT2D eigenvalue weighted by Crippen LogP contribution is -1.93. The third-order valence-corrected chi connectivity index (χ3v) is 6.04. The van der Waals surface area contributed by atoms with Gasteiger partial charge in [0.05, 0.1) is 0 Å². The molecule has 0 rings (SSSR count). The molecule has 0 aromatic rings. The van der Waals surface area contributed by atoms with E-state index in [1.165, 1.54) is 128 Å². The summed E-state index contributed by atoms with van der Waals surface area (Å²) in [6, 6.07) is 0. The predicted molar refractivity (Wildman–Crippen MR) is 125 cm³/mol. The molecule has 3 heteroatoms.